The van der Waals surface area contributed by atoms with Gasteiger partial charge in [0.25, 0.3) is 0 Å². The average molecular weight is 261 g/mol. The number of hydrogen-bond acceptors (Lipinski definition) is 3. The molecule has 3 N–H and O–H groups in total. The maximum atomic E-state index is 11.6. The molecule has 0 aliphatic heterocycles. The minimum absolute atomic E-state index is 0.453. The zero-order valence-corrected chi connectivity index (χ0v) is 10.9. The van der Waals surface area contributed by atoms with E-state index in [1.54, 1.807) is 30.4 Å². The van der Waals surface area contributed by atoms with Gasteiger partial charge in [-0.15, -0.1) is 11.3 Å². The lowest BCUT2D eigenvalue weighted by Gasteiger charge is -2.26. The summed E-state index contributed by atoms with van der Waals surface area (Å²) >= 11 is 1.56. The van der Waals surface area contributed by atoms with Gasteiger partial charge in [0, 0.05) is 17.0 Å². The highest BCUT2D eigenvalue weighted by Crippen LogP contribution is 2.33. The van der Waals surface area contributed by atoms with Crippen LogP contribution in [0.2, 0.25) is 0 Å². The minimum atomic E-state index is -0.990. The first kappa shape index (κ1) is 12.6. The number of rotatable bonds is 4. The Morgan fingerprint density at radius 1 is 1.33 bits per heavy atom. The summed E-state index contributed by atoms with van der Waals surface area (Å²) in [5, 5.41) is 11.5. The zero-order valence-electron chi connectivity index (χ0n) is 10.1. The molecule has 0 bridgehead atoms. The predicted molar refractivity (Wildman–Crippen MR) is 73.9 cm³/mol. The Bertz CT molecular complexity index is 551. The quantitative estimate of drug-likeness (QED) is 0.832. The lowest BCUT2D eigenvalue weighted by atomic mass is 9.78. The van der Waals surface area contributed by atoms with Crippen LogP contribution in [0, 0.1) is 0 Å². The molecule has 3 nitrogen and oxygen atoms in total. The highest BCUT2D eigenvalue weighted by Gasteiger charge is 2.37. The van der Waals surface area contributed by atoms with Crippen LogP contribution in [-0.4, -0.2) is 11.1 Å². The predicted octanol–water partition coefficient (Wildman–Crippen LogP) is 2.92. The van der Waals surface area contributed by atoms with Crippen molar-refractivity contribution in [2.75, 3.05) is 5.73 Å². The van der Waals surface area contributed by atoms with E-state index < -0.39 is 11.4 Å². The van der Waals surface area contributed by atoms with Crippen LogP contribution in [0.5, 0.6) is 0 Å². The summed E-state index contributed by atoms with van der Waals surface area (Å²) in [5.74, 6) is -0.853. The Morgan fingerprint density at radius 2 is 2.06 bits per heavy atom. The molecule has 94 valence electrons. The average Bonchev–Trinajstić information content (AvgIpc) is 2.81. The van der Waals surface area contributed by atoms with Gasteiger partial charge in [0.2, 0.25) is 0 Å². The van der Waals surface area contributed by atoms with E-state index >= 15 is 0 Å². The number of hydrogen-bond donors (Lipinski definition) is 2. The number of aliphatic carboxylic acids is 1. The van der Waals surface area contributed by atoms with Gasteiger partial charge in [-0.3, -0.25) is 4.79 Å². The molecular formula is C14H15NO2S. The first-order valence-electron chi connectivity index (χ1n) is 5.65. The smallest absolute Gasteiger partial charge is 0.314 e. The molecule has 1 aromatic carbocycles. The van der Waals surface area contributed by atoms with E-state index in [9.17, 15) is 9.90 Å². The number of anilines is 1. The molecule has 0 saturated heterocycles. The van der Waals surface area contributed by atoms with Crippen molar-refractivity contribution in [1.29, 1.82) is 0 Å². The van der Waals surface area contributed by atoms with E-state index in [0.717, 1.165) is 4.88 Å². The van der Waals surface area contributed by atoms with Crippen molar-refractivity contribution in [3.05, 3.63) is 52.2 Å². The second-order valence-electron chi connectivity index (χ2n) is 4.48. The fourth-order valence-electron chi connectivity index (χ4n) is 2.05. The van der Waals surface area contributed by atoms with Gasteiger partial charge >= 0.3 is 5.97 Å². The van der Waals surface area contributed by atoms with Gasteiger partial charge in [0.15, 0.2) is 0 Å². The molecule has 4 heteroatoms. The van der Waals surface area contributed by atoms with Crippen molar-refractivity contribution in [1.82, 2.24) is 0 Å². The van der Waals surface area contributed by atoms with Gasteiger partial charge in [-0.25, -0.2) is 0 Å². The second kappa shape index (κ2) is 4.82. The third-order valence-electron chi connectivity index (χ3n) is 3.14. The lowest BCUT2D eigenvalue weighted by molar-refractivity contribution is -0.143. The van der Waals surface area contributed by atoms with Crippen LogP contribution in [0.1, 0.15) is 17.4 Å². The number of nitrogen functional groups attached to an aromatic ring is 1. The van der Waals surface area contributed by atoms with Gasteiger partial charge < -0.3 is 10.8 Å². The monoisotopic (exact) mass is 261 g/mol. The Balaban J connectivity index is 2.45. The number of benzene rings is 1. The van der Waals surface area contributed by atoms with Crippen LogP contribution in [-0.2, 0) is 16.6 Å². The number of nitrogens with two attached hydrogens (primary N) is 1. The van der Waals surface area contributed by atoms with Gasteiger partial charge in [-0.05, 0) is 30.0 Å². The normalized spacial score (nSPS) is 14.1. The Kier molecular flexibility index (Phi) is 3.39. The lowest BCUT2D eigenvalue weighted by Crippen LogP contribution is -2.35. The van der Waals surface area contributed by atoms with Crippen LogP contribution in [0.15, 0.2) is 41.8 Å². The molecule has 0 spiro atoms. The van der Waals surface area contributed by atoms with Crippen molar-refractivity contribution >= 4 is 23.0 Å². The molecule has 0 saturated carbocycles. The van der Waals surface area contributed by atoms with Crippen molar-refractivity contribution in [2.45, 2.75) is 18.8 Å². The SMILES string of the molecule is CC(Cc1cccs1)(C(=O)O)c1ccccc1N. The van der Waals surface area contributed by atoms with Crippen LogP contribution in [0.3, 0.4) is 0 Å². The molecule has 1 heterocycles. The summed E-state index contributed by atoms with van der Waals surface area (Å²) in [6, 6.07) is 11.0. The van der Waals surface area contributed by atoms with E-state index in [4.69, 9.17) is 5.73 Å². The van der Waals surface area contributed by atoms with E-state index in [-0.39, 0.29) is 0 Å². The molecule has 0 aliphatic carbocycles. The van der Waals surface area contributed by atoms with E-state index in [0.29, 0.717) is 17.7 Å². The summed E-state index contributed by atoms with van der Waals surface area (Å²) in [5.41, 5.74) is 6.12. The van der Waals surface area contributed by atoms with Crippen LogP contribution in [0.25, 0.3) is 0 Å². The molecule has 1 aromatic heterocycles. The second-order valence-corrected chi connectivity index (χ2v) is 5.51. The zero-order chi connectivity index (χ0) is 13.2. The first-order chi connectivity index (χ1) is 8.54. The van der Waals surface area contributed by atoms with Gasteiger partial charge in [-0.2, -0.15) is 0 Å². The Morgan fingerprint density at radius 3 is 2.61 bits per heavy atom. The van der Waals surface area contributed by atoms with Gasteiger partial charge in [-0.1, -0.05) is 24.3 Å². The van der Waals surface area contributed by atoms with Crippen molar-refractivity contribution in [3.63, 3.8) is 0 Å². The maximum absolute atomic E-state index is 11.6. The molecule has 2 aromatic rings. The van der Waals surface area contributed by atoms with Crippen molar-refractivity contribution in [3.8, 4) is 0 Å². The molecule has 0 radical (unpaired) electrons. The highest BCUT2D eigenvalue weighted by atomic mass is 32.1. The summed E-state index contributed by atoms with van der Waals surface area (Å²) in [4.78, 5) is 12.7. The minimum Gasteiger partial charge on any atom is -0.481 e. The number of carboxylic acids is 1. The maximum Gasteiger partial charge on any atom is 0.314 e. The third kappa shape index (κ3) is 2.24. The fourth-order valence-corrected chi connectivity index (χ4v) is 2.91. The standard InChI is InChI=1S/C14H15NO2S/c1-14(13(16)17,9-10-5-4-8-18-10)11-6-2-3-7-12(11)15/h2-8H,9,15H2,1H3,(H,16,17). The van der Waals surface area contributed by atoms with Gasteiger partial charge in [0.05, 0.1) is 5.41 Å². The van der Waals surface area contributed by atoms with E-state index in [1.165, 1.54) is 0 Å². The summed E-state index contributed by atoms with van der Waals surface area (Å²) < 4.78 is 0. The number of thiophene rings is 1. The van der Waals surface area contributed by atoms with Crippen molar-refractivity contribution in [2.24, 2.45) is 0 Å². The molecular weight excluding hydrogens is 246 g/mol. The number of carboxylic acid groups (broad SMARTS) is 1. The number of para-hydroxylation sites is 1. The van der Waals surface area contributed by atoms with Crippen LogP contribution < -0.4 is 5.73 Å². The Labute approximate surface area is 110 Å². The summed E-state index contributed by atoms with van der Waals surface area (Å²) in [7, 11) is 0. The first-order valence-corrected chi connectivity index (χ1v) is 6.53. The number of carbonyl (C=O) groups is 1. The van der Waals surface area contributed by atoms with Crippen molar-refractivity contribution < 1.29 is 9.90 Å². The largest absolute Gasteiger partial charge is 0.481 e. The fraction of sp³-hybridized carbons (Fsp3) is 0.214. The summed E-state index contributed by atoms with van der Waals surface area (Å²) in [6.07, 6.45) is 0.453. The molecule has 0 amide bonds. The summed E-state index contributed by atoms with van der Waals surface area (Å²) in [6.45, 7) is 1.72. The Hall–Kier alpha value is -1.81. The molecule has 18 heavy (non-hydrogen) atoms. The molecule has 1 atom stereocenters. The molecule has 0 aliphatic rings. The van der Waals surface area contributed by atoms with Crippen LogP contribution in [0.4, 0.5) is 5.69 Å². The molecule has 2 rings (SSSR count). The third-order valence-corrected chi connectivity index (χ3v) is 4.01. The highest BCUT2D eigenvalue weighted by molar-refractivity contribution is 7.09. The van der Waals surface area contributed by atoms with Crippen LogP contribution >= 0.6 is 11.3 Å². The van der Waals surface area contributed by atoms with Gasteiger partial charge in [0.1, 0.15) is 0 Å². The van der Waals surface area contributed by atoms with E-state index in [2.05, 4.69) is 0 Å². The topological polar surface area (TPSA) is 63.3 Å². The molecule has 0 fully saturated rings. The van der Waals surface area contributed by atoms with E-state index in [1.807, 2.05) is 29.6 Å². The molecule has 1 unspecified atom stereocenters.